The van der Waals surface area contributed by atoms with E-state index in [-0.39, 0.29) is 23.3 Å². The fourth-order valence-electron chi connectivity index (χ4n) is 3.76. The second kappa shape index (κ2) is 6.31. The number of nitrogens with one attached hydrogen (secondary N) is 1. The molecule has 1 atom stereocenters. The zero-order chi connectivity index (χ0) is 17.3. The first-order chi connectivity index (χ1) is 12.2. The number of pyridine rings is 1. The lowest BCUT2D eigenvalue weighted by Crippen LogP contribution is -2.41. The highest BCUT2D eigenvalue weighted by molar-refractivity contribution is 5.95. The average Bonchev–Trinajstić information content (AvgIpc) is 3.34. The topological polar surface area (TPSA) is 62.3 Å². The quantitative estimate of drug-likeness (QED) is 0.937. The van der Waals surface area contributed by atoms with E-state index in [0.717, 1.165) is 32.4 Å². The minimum Gasteiger partial charge on any atom is -0.349 e. The van der Waals surface area contributed by atoms with Crippen molar-refractivity contribution in [2.45, 2.75) is 25.3 Å². The molecule has 1 saturated carbocycles. The number of hydrogen-bond acceptors (Lipinski definition) is 3. The number of piperidine rings is 1. The molecular weight excluding hydrogens is 314 g/mol. The van der Waals surface area contributed by atoms with Gasteiger partial charge in [-0.15, -0.1) is 0 Å². The predicted molar refractivity (Wildman–Crippen MR) is 94.1 cm³/mol. The maximum Gasteiger partial charge on any atom is 0.255 e. The number of nitrogens with zero attached hydrogens (tertiary/aromatic N) is 2. The largest absolute Gasteiger partial charge is 0.349 e. The molecule has 2 aliphatic rings. The van der Waals surface area contributed by atoms with Gasteiger partial charge in [0.05, 0.1) is 5.56 Å². The fourth-order valence-corrected chi connectivity index (χ4v) is 3.76. The van der Waals surface area contributed by atoms with Crippen LogP contribution < -0.4 is 5.32 Å². The van der Waals surface area contributed by atoms with Crippen molar-refractivity contribution in [1.29, 1.82) is 0 Å². The summed E-state index contributed by atoms with van der Waals surface area (Å²) in [5.41, 5.74) is 1.52. The van der Waals surface area contributed by atoms with E-state index in [1.807, 2.05) is 35.2 Å². The summed E-state index contributed by atoms with van der Waals surface area (Å²) in [4.78, 5) is 30.7. The zero-order valence-electron chi connectivity index (χ0n) is 14.0. The summed E-state index contributed by atoms with van der Waals surface area (Å²) in [5.74, 6) is 0.0461. The Bertz CT molecular complexity index is 768. The number of carbonyl (C=O) groups is 2. The van der Waals surface area contributed by atoms with Crippen LogP contribution in [0.4, 0.5) is 0 Å². The van der Waals surface area contributed by atoms with Crippen molar-refractivity contribution >= 4 is 11.8 Å². The van der Waals surface area contributed by atoms with E-state index in [4.69, 9.17) is 0 Å². The van der Waals surface area contributed by atoms with E-state index in [0.29, 0.717) is 11.1 Å². The van der Waals surface area contributed by atoms with Crippen molar-refractivity contribution in [1.82, 2.24) is 15.2 Å². The van der Waals surface area contributed by atoms with E-state index >= 15 is 0 Å². The summed E-state index contributed by atoms with van der Waals surface area (Å²) in [6, 6.07) is 13.1. The van der Waals surface area contributed by atoms with Crippen LogP contribution in [0, 0.1) is 5.41 Å². The summed E-state index contributed by atoms with van der Waals surface area (Å²) < 4.78 is 0. The fraction of sp³-hybridized carbons (Fsp3) is 0.350. The van der Waals surface area contributed by atoms with Crippen molar-refractivity contribution in [2.75, 3.05) is 13.1 Å². The van der Waals surface area contributed by atoms with Gasteiger partial charge in [-0.25, -0.2) is 0 Å². The first-order valence-corrected chi connectivity index (χ1v) is 8.73. The number of benzene rings is 1. The minimum atomic E-state index is -0.00339. The molecule has 1 aliphatic heterocycles. The van der Waals surface area contributed by atoms with Crippen molar-refractivity contribution in [3.8, 4) is 0 Å². The lowest BCUT2D eigenvalue weighted by Gasteiger charge is -2.33. The Morgan fingerprint density at radius 3 is 2.44 bits per heavy atom. The first kappa shape index (κ1) is 15.8. The molecule has 1 N–H and O–H groups in total. The summed E-state index contributed by atoms with van der Waals surface area (Å²) >= 11 is 0. The molecule has 2 aromatic rings. The second-order valence-electron chi connectivity index (χ2n) is 6.99. The van der Waals surface area contributed by atoms with Crippen molar-refractivity contribution in [3.63, 3.8) is 0 Å². The van der Waals surface area contributed by atoms with E-state index in [1.54, 1.807) is 24.5 Å². The van der Waals surface area contributed by atoms with Gasteiger partial charge < -0.3 is 10.2 Å². The molecule has 5 nitrogen and oxygen atoms in total. The number of carbonyl (C=O) groups excluding carboxylic acids is 2. The summed E-state index contributed by atoms with van der Waals surface area (Å²) in [5, 5.41) is 3.15. The molecule has 0 bridgehead atoms. The Balaban J connectivity index is 1.32. The molecular formula is C20H21N3O2. The molecule has 1 aliphatic carbocycles. The molecule has 1 saturated heterocycles. The van der Waals surface area contributed by atoms with E-state index in [2.05, 4.69) is 10.3 Å². The number of hydrogen-bond donors (Lipinski definition) is 1. The summed E-state index contributed by atoms with van der Waals surface area (Å²) in [7, 11) is 0. The highest BCUT2D eigenvalue weighted by atomic mass is 16.2. The number of rotatable bonds is 3. The van der Waals surface area contributed by atoms with Crippen LogP contribution in [0.5, 0.6) is 0 Å². The van der Waals surface area contributed by atoms with Gasteiger partial charge in [-0.2, -0.15) is 0 Å². The van der Waals surface area contributed by atoms with Crippen LogP contribution >= 0.6 is 0 Å². The predicted octanol–water partition coefficient (Wildman–Crippen LogP) is 2.51. The van der Waals surface area contributed by atoms with Gasteiger partial charge in [-0.05, 0) is 48.9 Å². The van der Waals surface area contributed by atoms with E-state index in [9.17, 15) is 9.59 Å². The lowest BCUT2D eigenvalue weighted by molar-refractivity contribution is 0.0667. The van der Waals surface area contributed by atoms with Crippen LogP contribution in [0.1, 0.15) is 40.0 Å². The molecule has 1 unspecified atom stereocenters. The van der Waals surface area contributed by atoms with Crippen molar-refractivity contribution < 1.29 is 9.59 Å². The smallest absolute Gasteiger partial charge is 0.255 e. The lowest BCUT2D eigenvalue weighted by atomic mass is 9.92. The molecule has 1 spiro atoms. The summed E-state index contributed by atoms with van der Waals surface area (Å²) in [6.07, 6.45) is 6.19. The number of aromatic nitrogens is 1. The van der Waals surface area contributed by atoms with Crippen LogP contribution in [0.25, 0.3) is 0 Å². The van der Waals surface area contributed by atoms with Gasteiger partial charge in [0.1, 0.15) is 0 Å². The third-order valence-corrected chi connectivity index (χ3v) is 5.49. The third-order valence-electron chi connectivity index (χ3n) is 5.49. The minimum absolute atomic E-state index is 0.00339. The van der Waals surface area contributed by atoms with E-state index in [1.165, 1.54) is 0 Å². The normalized spacial score (nSPS) is 21.0. The molecule has 128 valence electrons. The summed E-state index contributed by atoms with van der Waals surface area (Å²) in [6.45, 7) is 1.48. The van der Waals surface area contributed by atoms with E-state index < -0.39 is 0 Å². The SMILES string of the molecule is O=C(NC1CC12CCN(C(=O)c1cccnc1)CC2)c1ccccc1. The van der Waals surface area contributed by atoms with Crippen molar-refractivity contribution in [2.24, 2.45) is 5.41 Å². The van der Waals surface area contributed by atoms with Gasteiger partial charge in [0.15, 0.2) is 0 Å². The number of amides is 2. The third kappa shape index (κ3) is 3.14. The van der Waals surface area contributed by atoms with Gasteiger partial charge in [0.2, 0.25) is 0 Å². The maximum absolute atomic E-state index is 12.5. The zero-order valence-corrected chi connectivity index (χ0v) is 14.0. The maximum atomic E-state index is 12.5. The Morgan fingerprint density at radius 1 is 1.04 bits per heavy atom. The Morgan fingerprint density at radius 2 is 1.76 bits per heavy atom. The molecule has 5 heteroatoms. The van der Waals surface area contributed by atoms with Crippen LogP contribution in [-0.4, -0.2) is 40.8 Å². The first-order valence-electron chi connectivity index (χ1n) is 8.73. The molecule has 1 aromatic heterocycles. The Labute approximate surface area is 147 Å². The molecule has 0 radical (unpaired) electrons. The molecule has 4 rings (SSSR count). The van der Waals surface area contributed by atoms with Gasteiger partial charge in [0.25, 0.3) is 11.8 Å². The molecule has 2 amide bonds. The van der Waals surface area contributed by atoms with Crippen LogP contribution in [-0.2, 0) is 0 Å². The van der Waals surface area contributed by atoms with Gasteiger partial charge in [0, 0.05) is 37.1 Å². The molecule has 2 heterocycles. The van der Waals surface area contributed by atoms with Crippen molar-refractivity contribution in [3.05, 3.63) is 66.0 Å². The van der Waals surface area contributed by atoms with Gasteiger partial charge >= 0.3 is 0 Å². The molecule has 25 heavy (non-hydrogen) atoms. The van der Waals surface area contributed by atoms with Gasteiger partial charge in [-0.3, -0.25) is 14.6 Å². The number of likely N-dealkylation sites (tertiary alicyclic amines) is 1. The van der Waals surface area contributed by atoms with Crippen LogP contribution in [0.3, 0.4) is 0 Å². The highest BCUT2D eigenvalue weighted by Crippen LogP contribution is 2.54. The van der Waals surface area contributed by atoms with Crippen LogP contribution in [0.2, 0.25) is 0 Å². The Hall–Kier alpha value is -2.69. The van der Waals surface area contributed by atoms with Gasteiger partial charge in [-0.1, -0.05) is 18.2 Å². The Kier molecular flexibility index (Phi) is 3.99. The molecule has 2 fully saturated rings. The second-order valence-corrected chi connectivity index (χ2v) is 6.99. The highest BCUT2D eigenvalue weighted by Gasteiger charge is 2.55. The monoisotopic (exact) mass is 335 g/mol. The molecule has 1 aromatic carbocycles. The van der Waals surface area contributed by atoms with Crippen LogP contribution in [0.15, 0.2) is 54.9 Å². The average molecular weight is 335 g/mol. The standard InChI is InChI=1S/C20H21N3O2/c24-18(15-5-2-1-3-6-15)22-17-13-20(17)8-11-23(12-9-20)19(25)16-7-4-10-21-14-16/h1-7,10,14,17H,8-9,11-13H2,(H,22,24).